The van der Waals surface area contributed by atoms with Crippen LogP contribution in [-0.4, -0.2) is 29.4 Å². The van der Waals surface area contributed by atoms with E-state index in [9.17, 15) is 9.59 Å². The van der Waals surface area contributed by atoms with Gasteiger partial charge in [0.2, 0.25) is 5.91 Å². The van der Waals surface area contributed by atoms with Gasteiger partial charge in [0, 0.05) is 25.2 Å². The summed E-state index contributed by atoms with van der Waals surface area (Å²) in [5.74, 6) is 0.0312. The van der Waals surface area contributed by atoms with E-state index in [1.807, 2.05) is 30.3 Å². The number of amides is 3. The van der Waals surface area contributed by atoms with E-state index in [2.05, 4.69) is 10.6 Å². The van der Waals surface area contributed by atoms with Crippen LogP contribution in [-0.2, 0) is 11.3 Å². The van der Waals surface area contributed by atoms with Gasteiger partial charge in [-0.2, -0.15) is 0 Å². The highest BCUT2D eigenvalue weighted by atomic mass is 35.5. The van der Waals surface area contributed by atoms with E-state index in [1.54, 1.807) is 23.1 Å². The number of rotatable bonds is 4. The highest BCUT2D eigenvalue weighted by Crippen LogP contribution is 2.25. The summed E-state index contributed by atoms with van der Waals surface area (Å²) in [7, 11) is 0. The van der Waals surface area contributed by atoms with Crippen molar-refractivity contribution in [3.05, 3.63) is 64.1 Å². The predicted molar refractivity (Wildman–Crippen MR) is 98.9 cm³/mol. The van der Waals surface area contributed by atoms with Crippen molar-refractivity contribution in [2.45, 2.75) is 19.0 Å². The predicted octanol–water partition coefficient (Wildman–Crippen LogP) is 3.92. The van der Waals surface area contributed by atoms with E-state index in [1.165, 1.54) is 0 Å². The second kappa shape index (κ2) is 7.76. The molecular formula is C18H17Cl2N3O2. The summed E-state index contributed by atoms with van der Waals surface area (Å²) in [6, 6.07) is 14.0. The minimum Gasteiger partial charge on any atom is -0.336 e. The first-order valence-electron chi connectivity index (χ1n) is 7.85. The maximum atomic E-state index is 12.1. The first kappa shape index (κ1) is 17.6. The Bertz CT molecular complexity index is 783. The molecule has 1 fully saturated rings. The van der Waals surface area contributed by atoms with Crippen LogP contribution in [0.25, 0.3) is 0 Å². The largest absolute Gasteiger partial charge is 0.336 e. The zero-order valence-electron chi connectivity index (χ0n) is 13.3. The Labute approximate surface area is 155 Å². The molecule has 0 saturated carbocycles. The summed E-state index contributed by atoms with van der Waals surface area (Å²) in [5, 5.41) is 6.30. The summed E-state index contributed by atoms with van der Waals surface area (Å²) >= 11 is 11.8. The molecule has 0 aromatic heterocycles. The summed E-state index contributed by atoms with van der Waals surface area (Å²) in [6.07, 6.45) is 0.293. The van der Waals surface area contributed by atoms with Crippen LogP contribution in [0.5, 0.6) is 0 Å². The van der Waals surface area contributed by atoms with Crippen LogP contribution in [0.3, 0.4) is 0 Å². The van der Waals surface area contributed by atoms with Gasteiger partial charge in [-0.25, -0.2) is 4.79 Å². The highest BCUT2D eigenvalue weighted by molar-refractivity contribution is 6.42. The quantitative estimate of drug-likeness (QED) is 0.847. The maximum Gasteiger partial charge on any atom is 0.319 e. The number of carbonyl (C=O) groups is 2. The summed E-state index contributed by atoms with van der Waals surface area (Å²) in [5.41, 5.74) is 1.61. The monoisotopic (exact) mass is 377 g/mol. The molecule has 1 heterocycles. The van der Waals surface area contributed by atoms with E-state index in [0.717, 1.165) is 5.56 Å². The first-order chi connectivity index (χ1) is 12.0. The Morgan fingerprint density at radius 2 is 1.88 bits per heavy atom. The second-order valence-corrected chi connectivity index (χ2v) is 6.70. The molecular weight excluding hydrogens is 361 g/mol. The maximum absolute atomic E-state index is 12.1. The van der Waals surface area contributed by atoms with Crippen LogP contribution < -0.4 is 10.6 Å². The van der Waals surface area contributed by atoms with E-state index in [-0.39, 0.29) is 18.0 Å². The molecule has 0 aliphatic carbocycles. The van der Waals surface area contributed by atoms with Crippen molar-refractivity contribution in [2.75, 3.05) is 11.9 Å². The van der Waals surface area contributed by atoms with Crippen LogP contribution in [0, 0.1) is 0 Å². The second-order valence-electron chi connectivity index (χ2n) is 5.89. The number of benzene rings is 2. The van der Waals surface area contributed by atoms with Crippen molar-refractivity contribution in [3.8, 4) is 0 Å². The number of nitrogens with zero attached hydrogens (tertiary/aromatic N) is 1. The Morgan fingerprint density at radius 3 is 2.60 bits per heavy atom. The van der Waals surface area contributed by atoms with Crippen molar-refractivity contribution >= 4 is 40.8 Å². The standard InChI is InChI=1S/C18H17Cl2N3O2/c19-15-7-6-13(8-16(15)20)21-18(25)22-14-9-17(24)23(11-14)10-12-4-2-1-3-5-12/h1-8,14H,9-11H2,(H2,21,22,25). The molecule has 2 aromatic rings. The third kappa shape index (κ3) is 4.65. The molecule has 130 valence electrons. The van der Waals surface area contributed by atoms with Crippen LogP contribution >= 0.6 is 23.2 Å². The molecule has 1 atom stereocenters. The lowest BCUT2D eigenvalue weighted by Gasteiger charge is -2.17. The number of carbonyl (C=O) groups excluding carboxylic acids is 2. The van der Waals surface area contributed by atoms with E-state index >= 15 is 0 Å². The smallest absolute Gasteiger partial charge is 0.319 e. The normalized spacial score (nSPS) is 16.8. The lowest BCUT2D eigenvalue weighted by atomic mass is 10.2. The SMILES string of the molecule is O=C(Nc1ccc(Cl)c(Cl)c1)NC1CC(=O)N(Cc2ccccc2)C1. The average molecular weight is 378 g/mol. The molecule has 1 aliphatic rings. The molecule has 0 spiro atoms. The molecule has 7 heteroatoms. The number of hydrogen-bond donors (Lipinski definition) is 2. The minimum absolute atomic E-state index is 0.0312. The molecule has 1 saturated heterocycles. The van der Waals surface area contributed by atoms with Crippen LogP contribution in [0.1, 0.15) is 12.0 Å². The molecule has 3 amide bonds. The van der Waals surface area contributed by atoms with Crippen molar-refractivity contribution in [3.63, 3.8) is 0 Å². The number of urea groups is 1. The zero-order valence-corrected chi connectivity index (χ0v) is 14.8. The van der Waals surface area contributed by atoms with Gasteiger partial charge < -0.3 is 15.5 Å². The molecule has 2 N–H and O–H groups in total. The topological polar surface area (TPSA) is 61.4 Å². The summed E-state index contributed by atoms with van der Waals surface area (Å²) in [6.45, 7) is 1.04. The van der Waals surface area contributed by atoms with Gasteiger partial charge in [-0.1, -0.05) is 53.5 Å². The fourth-order valence-electron chi connectivity index (χ4n) is 2.75. The van der Waals surface area contributed by atoms with Crippen LogP contribution in [0.2, 0.25) is 10.0 Å². The Balaban J connectivity index is 1.54. The summed E-state index contributed by atoms with van der Waals surface area (Å²) < 4.78 is 0. The molecule has 25 heavy (non-hydrogen) atoms. The van der Waals surface area contributed by atoms with E-state index in [0.29, 0.717) is 35.2 Å². The van der Waals surface area contributed by atoms with Gasteiger partial charge in [0.1, 0.15) is 0 Å². The first-order valence-corrected chi connectivity index (χ1v) is 8.61. The molecule has 3 rings (SSSR count). The van der Waals surface area contributed by atoms with Crippen molar-refractivity contribution in [2.24, 2.45) is 0 Å². The van der Waals surface area contributed by atoms with Gasteiger partial charge in [-0.3, -0.25) is 4.79 Å². The van der Waals surface area contributed by atoms with Crippen molar-refractivity contribution < 1.29 is 9.59 Å². The van der Waals surface area contributed by atoms with Gasteiger partial charge in [0.15, 0.2) is 0 Å². The van der Waals surface area contributed by atoms with Gasteiger partial charge >= 0.3 is 6.03 Å². The molecule has 0 radical (unpaired) electrons. The molecule has 1 unspecified atom stereocenters. The van der Waals surface area contributed by atoms with Gasteiger partial charge in [0.25, 0.3) is 0 Å². The van der Waals surface area contributed by atoms with Gasteiger partial charge in [-0.15, -0.1) is 0 Å². The van der Waals surface area contributed by atoms with Gasteiger partial charge in [0.05, 0.1) is 16.1 Å². The molecule has 0 bridgehead atoms. The minimum atomic E-state index is -0.377. The molecule has 1 aliphatic heterocycles. The Kier molecular flexibility index (Phi) is 5.46. The number of anilines is 1. The van der Waals surface area contributed by atoms with Crippen LogP contribution in [0.15, 0.2) is 48.5 Å². The van der Waals surface area contributed by atoms with Crippen molar-refractivity contribution in [1.82, 2.24) is 10.2 Å². The lowest BCUT2D eigenvalue weighted by Crippen LogP contribution is -2.39. The third-order valence-electron chi connectivity index (χ3n) is 3.94. The third-order valence-corrected chi connectivity index (χ3v) is 4.68. The van der Waals surface area contributed by atoms with Gasteiger partial charge in [-0.05, 0) is 23.8 Å². The zero-order chi connectivity index (χ0) is 17.8. The number of halogens is 2. The lowest BCUT2D eigenvalue weighted by molar-refractivity contribution is -0.128. The van der Waals surface area contributed by atoms with E-state index < -0.39 is 0 Å². The Morgan fingerprint density at radius 1 is 1.12 bits per heavy atom. The van der Waals surface area contributed by atoms with Crippen LogP contribution in [0.4, 0.5) is 10.5 Å². The fourth-order valence-corrected chi connectivity index (χ4v) is 3.05. The Hall–Kier alpha value is -2.24. The average Bonchev–Trinajstić information content (AvgIpc) is 2.91. The highest BCUT2D eigenvalue weighted by Gasteiger charge is 2.30. The summed E-state index contributed by atoms with van der Waals surface area (Å²) in [4.78, 5) is 26.0. The molecule has 5 nitrogen and oxygen atoms in total. The number of hydrogen-bond acceptors (Lipinski definition) is 2. The van der Waals surface area contributed by atoms with Crippen molar-refractivity contribution in [1.29, 1.82) is 0 Å². The number of likely N-dealkylation sites (tertiary alicyclic amines) is 1. The number of nitrogens with one attached hydrogen (secondary N) is 2. The fraction of sp³-hybridized carbons (Fsp3) is 0.222. The molecule has 2 aromatic carbocycles. The van der Waals surface area contributed by atoms with E-state index in [4.69, 9.17) is 23.2 Å².